The second-order valence-electron chi connectivity index (χ2n) is 7.76. The second-order valence-corrected chi connectivity index (χ2v) is 7.76. The highest BCUT2D eigenvalue weighted by Gasteiger charge is 2.36. The predicted molar refractivity (Wildman–Crippen MR) is 110 cm³/mol. The summed E-state index contributed by atoms with van der Waals surface area (Å²) in [5, 5.41) is 14.5. The number of aryl methyl sites for hydroxylation is 2. The first kappa shape index (κ1) is 19.1. The van der Waals surface area contributed by atoms with Gasteiger partial charge in [-0.3, -0.25) is 14.3 Å². The molecule has 1 unspecified atom stereocenters. The van der Waals surface area contributed by atoms with Gasteiger partial charge in [-0.25, -0.2) is 4.98 Å². The molecular weight excluding hydrogens is 368 g/mol. The number of pyridine rings is 1. The summed E-state index contributed by atoms with van der Waals surface area (Å²) < 4.78 is 1.69. The number of carboxylic acid groups (broad SMARTS) is 1. The maximum Gasteiger partial charge on any atom is 0.308 e. The molecule has 0 aliphatic heterocycles. The van der Waals surface area contributed by atoms with Gasteiger partial charge in [0.15, 0.2) is 5.65 Å². The van der Waals surface area contributed by atoms with Crippen LogP contribution in [0.2, 0.25) is 0 Å². The fourth-order valence-corrected chi connectivity index (χ4v) is 3.68. The number of aromatic nitrogens is 3. The smallest absolute Gasteiger partial charge is 0.308 e. The molecule has 1 aromatic carbocycles. The average Bonchev–Trinajstić information content (AvgIpc) is 3.51. The molecule has 1 aliphatic rings. The summed E-state index contributed by atoms with van der Waals surface area (Å²) in [4.78, 5) is 31.5. The van der Waals surface area contributed by atoms with E-state index >= 15 is 0 Å². The number of nitrogens with zero attached hydrogens (tertiary/aromatic N) is 4. The highest BCUT2D eigenvalue weighted by atomic mass is 16.4. The first-order valence-corrected chi connectivity index (χ1v) is 9.80. The molecule has 2 heterocycles. The molecule has 2 aromatic heterocycles. The average molecular weight is 392 g/mol. The third kappa shape index (κ3) is 3.60. The molecule has 0 radical (unpaired) electrons. The zero-order chi connectivity index (χ0) is 20.7. The van der Waals surface area contributed by atoms with E-state index in [9.17, 15) is 14.7 Å². The topological polar surface area (TPSA) is 88.3 Å². The molecule has 4 rings (SSSR count). The van der Waals surface area contributed by atoms with Gasteiger partial charge in [0, 0.05) is 25.2 Å². The van der Waals surface area contributed by atoms with Gasteiger partial charge in [-0.05, 0) is 25.8 Å². The summed E-state index contributed by atoms with van der Waals surface area (Å²) in [7, 11) is 1.82. The van der Waals surface area contributed by atoms with Crippen LogP contribution in [0.5, 0.6) is 0 Å². The van der Waals surface area contributed by atoms with Crippen LogP contribution in [0.15, 0.2) is 36.4 Å². The van der Waals surface area contributed by atoms with E-state index in [0.29, 0.717) is 16.9 Å². The molecular formula is C22H24N4O3. The van der Waals surface area contributed by atoms with Crippen LogP contribution in [-0.2, 0) is 11.8 Å². The Hall–Kier alpha value is -3.22. The molecule has 150 valence electrons. The molecule has 0 spiro atoms. The van der Waals surface area contributed by atoms with Gasteiger partial charge in [0.05, 0.1) is 28.3 Å². The van der Waals surface area contributed by atoms with Crippen molar-refractivity contribution in [3.05, 3.63) is 47.7 Å². The van der Waals surface area contributed by atoms with Gasteiger partial charge in [-0.1, -0.05) is 37.3 Å². The van der Waals surface area contributed by atoms with Crippen LogP contribution in [0.3, 0.4) is 0 Å². The summed E-state index contributed by atoms with van der Waals surface area (Å²) >= 11 is 0. The maximum absolute atomic E-state index is 13.6. The van der Waals surface area contributed by atoms with Crippen LogP contribution < -0.4 is 0 Å². The summed E-state index contributed by atoms with van der Waals surface area (Å²) in [6.45, 7) is 3.70. The second kappa shape index (κ2) is 7.31. The van der Waals surface area contributed by atoms with Crippen LogP contribution in [-0.4, -0.2) is 49.2 Å². The third-order valence-electron chi connectivity index (χ3n) is 5.41. The fourth-order valence-electron chi connectivity index (χ4n) is 3.68. The Kier molecular flexibility index (Phi) is 4.82. The first-order chi connectivity index (χ1) is 13.9. The summed E-state index contributed by atoms with van der Waals surface area (Å²) in [6, 6.07) is 11.6. The van der Waals surface area contributed by atoms with Crippen molar-refractivity contribution in [2.45, 2.75) is 32.7 Å². The molecule has 7 nitrogen and oxygen atoms in total. The summed E-state index contributed by atoms with van der Waals surface area (Å²) in [6.07, 6.45) is 1.81. The first-order valence-electron chi connectivity index (χ1n) is 9.80. The number of amides is 1. The highest BCUT2D eigenvalue weighted by molar-refractivity contribution is 6.07. The molecule has 29 heavy (non-hydrogen) atoms. The monoisotopic (exact) mass is 392 g/mol. The summed E-state index contributed by atoms with van der Waals surface area (Å²) in [5.74, 6) is -1.67. The van der Waals surface area contributed by atoms with Crippen LogP contribution >= 0.6 is 0 Å². The van der Waals surface area contributed by atoms with E-state index < -0.39 is 11.9 Å². The zero-order valence-corrected chi connectivity index (χ0v) is 16.8. The number of hydrogen-bond donors (Lipinski definition) is 1. The Morgan fingerprint density at radius 2 is 1.97 bits per heavy atom. The highest BCUT2D eigenvalue weighted by Crippen LogP contribution is 2.33. The number of carboxylic acids is 1. The molecule has 7 heteroatoms. The maximum atomic E-state index is 13.6. The predicted octanol–water partition coefficient (Wildman–Crippen LogP) is 3.27. The van der Waals surface area contributed by atoms with Crippen molar-refractivity contribution in [1.82, 2.24) is 19.7 Å². The Balaban J connectivity index is 1.84. The number of carbonyl (C=O) groups excluding carboxylic acids is 1. The van der Waals surface area contributed by atoms with Crippen LogP contribution in [0.1, 0.15) is 35.8 Å². The quantitative estimate of drug-likeness (QED) is 0.696. The lowest BCUT2D eigenvalue weighted by Gasteiger charge is -2.25. The van der Waals surface area contributed by atoms with Gasteiger partial charge in [0.1, 0.15) is 0 Å². The lowest BCUT2D eigenvalue weighted by atomic mass is 10.0. The zero-order valence-electron chi connectivity index (χ0n) is 16.8. The van der Waals surface area contributed by atoms with Gasteiger partial charge >= 0.3 is 5.97 Å². The van der Waals surface area contributed by atoms with Gasteiger partial charge < -0.3 is 10.0 Å². The van der Waals surface area contributed by atoms with Crippen molar-refractivity contribution in [2.75, 3.05) is 6.54 Å². The standard InChI is InChI=1S/C22H24N4O3/c1-13(22(28)29)12-26(16-9-10-16)21(27)17-11-18(15-7-5-4-6-8-15)23-20-19(17)14(2)24-25(20)3/h4-8,11,13,16H,9-10,12H2,1-3H3,(H,28,29). The minimum atomic E-state index is -0.897. The molecule has 1 N–H and O–H groups in total. The Morgan fingerprint density at radius 3 is 2.59 bits per heavy atom. The lowest BCUT2D eigenvalue weighted by Crippen LogP contribution is -2.38. The molecule has 1 atom stereocenters. The number of benzene rings is 1. The van der Waals surface area contributed by atoms with Gasteiger partial charge in [-0.2, -0.15) is 5.10 Å². The van der Waals surface area contributed by atoms with Crippen LogP contribution in [0.4, 0.5) is 0 Å². The van der Waals surface area contributed by atoms with E-state index in [1.54, 1.807) is 16.5 Å². The van der Waals surface area contributed by atoms with Crippen molar-refractivity contribution in [3.8, 4) is 11.3 Å². The van der Waals surface area contributed by atoms with Crippen LogP contribution in [0, 0.1) is 12.8 Å². The van der Waals surface area contributed by atoms with E-state index in [0.717, 1.165) is 29.5 Å². The number of hydrogen-bond acceptors (Lipinski definition) is 4. The van der Waals surface area contributed by atoms with Crippen molar-refractivity contribution in [3.63, 3.8) is 0 Å². The normalized spacial score (nSPS) is 14.7. The Morgan fingerprint density at radius 1 is 1.28 bits per heavy atom. The van der Waals surface area contributed by atoms with E-state index in [1.807, 2.05) is 50.4 Å². The molecule has 1 fully saturated rings. The third-order valence-corrected chi connectivity index (χ3v) is 5.41. The van der Waals surface area contributed by atoms with E-state index in [1.165, 1.54) is 0 Å². The molecule has 1 saturated carbocycles. The number of rotatable bonds is 6. The molecule has 0 bridgehead atoms. The number of fused-ring (bicyclic) bond motifs is 1. The minimum absolute atomic E-state index is 0.102. The Bertz CT molecular complexity index is 1090. The van der Waals surface area contributed by atoms with Crippen molar-refractivity contribution in [1.29, 1.82) is 0 Å². The molecule has 3 aromatic rings. The largest absolute Gasteiger partial charge is 0.481 e. The van der Waals surface area contributed by atoms with Crippen molar-refractivity contribution < 1.29 is 14.7 Å². The van der Waals surface area contributed by atoms with Crippen LogP contribution in [0.25, 0.3) is 22.3 Å². The van der Waals surface area contributed by atoms with Crippen molar-refractivity contribution in [2.24, 2.45) is 13.0 Å². The molecule has 0 saturated heterocycles. The van der Waals surface area contributed by atoms with Crippen molar-refractivity contribution >= 4 is 22.9 Å². The fraction of sp³-hybridized carbons (Fsp3) is 0.364. The SMILES string of the molecule is Cc1nn(C)c2nc(-c3ccccc3)cc(C(=O)N(CC(C)C(=O)O)C3CC3)c12. The lowest BCUT2D eigenvalue weighted by molar-refractivity contribution is -0.141. The van der Waals surface area contributed by atoms with E-state index in [4.69, 9.17) is 4.98 Å². The minimum Gasteiger partial charge on any atom is -0.481 e. The number of carbonyl (C=O) groups is 2. The molecule has 1 aliphatic carbocycles. The summed E-state index contributed by atoms with van der Waals surface area (Å²) in [5.41, 5.74) is 3.53. The van der Waals surface area contributed by atoms with Gasteiger partial charge in [-0.15, -0.1) is 0 Å². The van der Waals surface area contributed by atoms with E-state index in [2.05, 4.69) is 5.10 Å². The Labute approximate surface area is 169 Å². The van der Waals surface area contributed by atoms with Gasteiger partial charge in [0.2, 0.25) is 0 Å². The van der Waals surface area contributed by atoms with E-state index in [-0.39, 0.29) is 18.5 Å². The van der Waals surface area contributed by atoms with Gasteiger partial charge in [0.25, 0.3) is 5.91 Å². The molecule has 1 amide bonds. The number of aliphatic carboxylic acids is 1.